The molecule has 0 saturated heterocycles. The molecule has 0 spiro atoms. The van der Waals surface area contributed by atoms with Crippen LogP contribution in [0.4, 0.5) is 0 Å². The monoisotopic (exact) mass is 176 g/mol. The summed E-state index contributed by atoms with van der Waals surface area (Å²) in [5.41, 5.74) is 0. The van der Waals surface area contributed by atoms with E-state index in [2.05, 4.69) is 0 Å². The fourth-order valence-corrected chi connectivity index (χ4v) is 0. The van der Waals surface area contributed by atoms with E-state index in [-0.39, 0.29) is 135 Å². The second-order valence-electron chi connectivity index (χ2n) is 0. The predicted octanol–water partition coefficient (Wildman–Crippen LogP) is -6.09. The van der Waals surface area contributed by atoms with Crippen LogP contribution in [-0.2, 0) is 0 Å². The van der Waals surface area contributed by atoms with E-state index in [1.165, 1.54) is 0 Å². The van der Waals surface area contributed by atoms with Crippen molar-refractivity contribution in [2.75, 3.05) is 0 Å². The summed E-state index contributed by atoms with van der Waals surface area (Å²) < 4.78 is 0. The molecule has 0 heterocycles. The minimum Gasteiger partial charge on any atom is 0 e. The van der Waals surface area contributed by atoms with Crippen molar-refractivity contribution in [2.45, 2.75) is 0 Å². The number of rotatable bonds is 0. The summed E-state index contributed by atoms with van der Waals surface area (Å²) in [5.74, 6) is 0. The molecule has 0 N–H and O–H groups in total. The zero-order valence-electron chi connectivity index (χ0n) is 9.24. The normalized spacial score (nSPS) is 0. The fourth-order valence-electron chi connectivity index (χ4n) is 0. The van der Waals surface area contributed by atoms with Crippen LogP contribution in [0, 0.1) is 0 Å². The molecule has 0 unspecified atom stereocenters. The summed E-state index contributed by atoms with van der Waals surface area (Å²) in [5, 5.41) is 0. The Labute approximate surface area is 135 Å². The molecule has 0 aliphatic heterocycles. The quantitative estimate of drug-likeness (QED) is 0.320. The molecule has 48 valence electrons. The van der Waals surface area contributed by atoms with Gasteiger partial charge in [0, 0.05) is 135 Å². The van der Waals surface area contributed by atoms with Crippen LogP contribution in [0.2, 0.25) is 0 Å². The Bertz CT molecular complexity index is 0. The summed E-state index contributed by atoms with van der Waals surface area (Å²) in [7, 11) is 0. The molecule has 0 atom stereocenters. The van der Waals surface area contributed by atoms with Crippen molar-refractivity contribution in [1.29, 1.82) is 0 Å². The molecule has 0 aromatic rings. The maximum atomic E-state index is 0. The van der Waals surface area contributed by atoms with E-state index >= 15 is 0 Å². The maximum absolute atomic E-state index is 0. The van der Waals surface area contributed by atoms with Crippen LogP contribution < -0.4 is 0 Å². The van der Waals surface area contributed by atoms with Gasteiger partial charge >= 0.3 is 0 Å². The van der Waals surface area contributed by atoms with Crippen LogP contribution in [0.25, 0.3) is 0 Å². The largest absolute Gasteiger partial charge is 0 e. The Hall–Kier alpha value is 1.04. The van der Waals surface area contributed by atoms with Crippen molar-refractivity contribution in [3.63, 3.8) is 0 Å². The third kappa shape index (κ3) is 2750. The zero-order chi connectivity index (χ0) is 0. The van der Waals surface area contributed by atoms with Gasteiger partial charge in [-0.25, -0.2) is 0 Å². The molecular formula is B16. The first-order valence-corrected chi connectivity index (χ1v) is 0. The molecule has 0 saturated carbocycles. The van der Waals surface area contributed by atoms with Gasteiger partial charge in [-0.3, -0.25) is 0 Å². The third-order valence-corrected chi connectivity index (χ3v) is 0. The van der Waals surface area contributed by atoms with E-state index in [0.29, 0.717) is 0 Å². The zero-order valence-corrected chi connectivity index (χ0v) is 9.24. The fraction of sp³-hybridized carbons (Fsp3) is 0. The van der Waals surface area contributed by atoms with Crippen LogP contribution in [-0.4, -0.2) is 135 Å². The predicted molar refractivity (Wildman–Crippen MR) is 92.1 cm³/mol. The first kappa shape index (κ1) is 4060. The maximum Gasteiger partial charge on any atom is 0 e. The van der Waals surface area contributed by atoms with Crippen molar-refractivity contribution in [3.8, 4) is 0 Å². The molecule has 0 aromatic carbocycles. The molecule has 0 fully saturated rings. The van der Waals surface area contributed by atoms with Crippen molar-refractivity contribution >= 4 is 135 Å². The van der Waals surface area contributed by atoms with E-state index in [1.54, 1.807) is 0 Å². The van der Waals surface area contributed by atoms with Crippen molar-refractivity contribution in [2.24, 2.45) is 0 Å². The van der Waals surface area contributed by atoms with Crippen LogP contribution in [0.1, 0.15) is 0 Å². The lowest BCUT2D eigenvalue weighted by molar-refractivity contribution is 5.75. The number of hydrogen-bond acceptors (Lipinski definition) is 0. The molecule has 0 rings (SSSR count). The molecule has 0 amide bonds. The SMILES string of the molecule is [B].[B].[B].[B].[B].[B].[B].[B].[B].[B].[B].[B].[B].[B].[B].[B]. The summed E-state index contributed by atoms with van der Waals surface area (Å²) in [6.45, 7) is 0. The van der Waals surface area contributed by atoms with Crippen LogP contribution in [0.5, 0.6) is 0 Å². The minimum atomic E-state index is 0. The molecule has 0 bridgehead atoms. The van der Waals surface area contributed by atoms with Gasteiger partial charge in [0.05, 0.1) is 0 Å². The summed E-state index contributed by atoms with van der Waals surface area (Å²) in [6, 6.07) is 0. The van der Waals surface area contributed by atoms with Gasteiger partial charge in [0.2, 0.25) is 0 Å². The highest BCUT2D eigenvalue weighted by Gasteiger charge is 0.0150. The Morgan fingerprint density at radius 2 is 0.0625 bits per heavy atom. The molecule has 48 radical (unpaired) electrons. The van der Waals surface area contributed by atoms with Gasteiger partial charge in [0.25, 0.3) is 0 Å². The molecule has 0 aromatic heterocycles. The average Bonchev–Trinajstić information content (AvgIpc) is 0. The van der Waals surface area contributed by atoms with E-state index in [0.717, 1.165) is 0 Å². The van der Waals surface area contributed by atoms with Crippen molar-refractivity contribution in [3.05, 3.63) is 0 Å². The summed E-state index contributed by atoms with van der Waals surface area (Å²) in [6.07, 6.45) is 0. The first-order chi connectivity index (χ1) is 0. The van der Waals surface area contributed by atoms with E-state index < -0.39 is 0 Å². The second-order valence-corrected chi connectivity index (χ2v) is 0. The highest BCUT2D eigenvalue weighted by molar-refractivity contribution is 5.77. The van der Waals surface area contributed by atoms with Gasteiger partial charge in [0.15, 0.2) is 0 Å². The average molecular weight is 173 g/mol. The third-order valence-electron chi connectivity index (χ3n) is 0. The highest BCUT2D eigenvalue weighted by Crippen LogP contribution is -0.366. The first-order valence-electron chi connectivity index (χ1n) is 0. The van der Waals surface area contributed by atoms with Crippen LogP contribution >= 0.6 is 0 Å². The molecule has 16 heteroatoms. The Kier molecular flexibility index (Phi) is 853000. The Morgan fingerprint density at radius 1 is 0.0625 bits per heavy atom. The van der Waals surface area contributed by atoms with Gasteiger partial charge in [-0.2, -0.15) is 0 Å². The summed E-state index contributed by atoms with van der Waals surface area (Å²) in [4.78, 5) is 0. The Morgan fingerprint density at radius 3 is 0.0625 bits per heavy atom. The van der Waals surface area contributed by atoms with Crippen LogP contribution in [0.15, 0.2) is 0 Å². The van der Waals surface area contributed by atoms with E-state index in [9.17, 15) is 0 Å². The topological polar surface area (TPSA) is 0 Å². The lowest BCUT2D eigenvalue weighted by atomic mass is 10.8. The van der Waals surface area contributed by atoms with Gasteiger partial charge in [-0.05, 0) is 0 Å². The minimum absolute atomic E-state index is 0. The Balaban J connectivity index is 0. The molecule has 16 heavy (non-hydrogen) atoms. The summed E-state index contributed by atoms with van der Waals surface area (Å²) >= 11 is 0. The van der Waals surface area contributed by atoms with E-state index in [1.807, 2.05) is 0 Å². The van der Waals surface area contributed by atoms with Gasteiger partial charge in [-0.1, -0.05) is 0 Å². The lowest BCUT2D eigenvalue weighted by Crippen LogP contribution is -0.382. The van der Waals surface area contributed by atoms with Gasteiger partial charge in [-0.15, -0.1) is 0 Å². The van der Waals surface area contributed by atoms with Crippen molar-refractivity contribution in [1.82, 2.24) is 0 Å². The standard InChI is InChI=1S/16B. The van der Waals surface area contributed by atoms with Crippen molar-refractivity contribution < 1.29 is 0 Å². The lowest BCUT2D eigenvalue weighted by Gasteiger charge is -0.00100. The second kappa shape index (κ2) is 3360. The van der Waals surface area contributed by atoms with E-state index in [4.69, 9.17) is 0 Å². The molecule has 0 aliphatic carbocycles. The molecular weight excluding hydrogens is 173 g/mol. The van der Waals surface area contributed by atoms with Crippen LogP contribution in [0.3, 0.4) is 0 Å². The van der Waals surface area contributed by atoms with Gasteiger partial charge < -0.3 is 0 Å². The number of hydrogen-bond donors (Lipinski definition) is 0. The van der Waals surface area contributed by atoms with Gasteiger partial charge in [0.1, 0.15) is 0 Å². The molecule has 0 nitrogen and oxygen atoms in total. The molecule has 0 aliphatic rings. The smallest absolute Gasteiger partial charge is 0 e. The highest BCUT2D eigenvalue weighted by atomic mass is 10.8.